The van der Waals surface area contributed by atoms with E-state index in [9.17, 15) is 14.3 Å². The van der Waals surface area contributed by atoms with Crippen molar-refractivity contribution in [2.75, 3.05) is 54.1 Å². The number of likely N-dealkylation sites (N-methyl/N-ethyl adjacent to an activating group) is 1. The van der Waals surface area contributed by atoms with Crippen molar-refractivity contribution >= 4 is 13.8 Å². The summed E-state index contributed by atoms with van der Waals surface area (Å²) >= 11 is 0. The first-order valence-electron chi connectivity index (χ1n) is 29.3. The first kappa shape index (κ1) is 65.5. The van der Waals surface area contributed by atoms with Gasteiger partial charge in [-0.25, -0.2) is 4.57 Å². The summed E-state index contributed by atoms with van der Waals surface area (Å²) < 4.78 is 35.2. The maximum atomic E-state index is 12.8. The molecule has 0 fully saturated rings. The van der Waals surface area contributed by atoms with Crippen LogP contribution >= 0.6 is 7.82 Å². The molecule has 0 saturated heterocycles. The number of hydrogen-bond donors (Lipinski definition) is 1. The highest BCUT2D eigenvalue weighted by molar-refractivity contribution is 7.47. The Morgan fingerprint density at radius 2 is 0.697 bits per heavy atom. The summed E-state index contributed by atoms with van der Waals surface area (Å²) in [5.74, 6) is -0.304. The average Bonchev–Trinajstić information content (AvgIpc) is 3.28. The molecular formula is C57H117NO7P+. The molecule has 1 N–H and O–H groups in total. The number of ether oxygens (including phenoxy) is 2. The molecule has 0 aliphatic carbocycles. The maximum Gasteiger partial charge on any atom is 0.472 e. The Morgan fingerprint density at radius 1 is 0.409 bits per heavy atom. The molecule has 0 bridgehead atoms. The minimum Gasteiger partial charge on any atom is -0.457 e. The van der Waals surface area contributed by atoms with Crippen LogP contribution in [0.5, 0.6) is 0 Å². The molecule has 396 valence electrons. The molecule has 0 amide bonds. The molecular weight excluding hydrogens is 842 g/mol. The van der Waals surface area contributed by atoms with Gasteiger partial charge in [0.25, 0.3) is 0 Å². The minimum absolute atomic E-state index is 0.0942. The third kappa shape index (κ3) is 54.4. The number of rotatable bonds is 56. The summed E-state index contributed by atoms with van der Waals surface area (Å²) in [5, 5.41) is 0. The van der Waals surface area contributed by atoms with Crippen LogP contribution in [-0.4, -0.2) is 75.6 Å². The molecule has 0 saturated carbocycles. The third-order valence-corrected chi connectivity index (χ3v) is 14.4. The third-order valence-electron chi connectivity index (χ3n) is 13.4. The molecule has 0 rings (SSSR count). The Bertz CT molecular complexity index is 1020. The lowest BCUT2D eigenvalue weighted by atomic mass is 10.0. The van der Waals surface area contributed by atoms with Crippen LogP contribution in [-0.2, 0) is 27.9 Å². The second kappa shape index (κ2) is 50.9. The quantitative estimate of drug-likeness (QED) is 0.0281. The fourth-order valence-electron chi connectivity index (χ4n) is 8.91. The Balaban J connectivity index is 3.84. The lowest BCUT2D eigenvalue weighted by molar-refractivity contribution is -0.870. The smallest absolute Gasteiger partial charge is 0.457 e. The van der Waals surface area contributed by atoms with Gasteiger partial charge in [-0.05, 0) is 12.8 Å². The van der Waals surface area contributed by atoms with Gasteiger partial charge in [0.15, 0.2) is 0 Å². The zero-order chi connectivity index (χ0) is 48.3. The number of quaternary nitrogens is 1. The van der Waals surface area contributed by atoms with Gasteiger partial charge < -0.3 is 18.9 Å². The van der Waals surface area contributed by atoms with Crippen LogP contribution in [0.15, 0.2) is 0 Å². The lowest BCUT2D eigenvalue weighted by Crippen LogP contribution is -2.37. The van der Waals surface area contributed by atoms with E-state index in [0.717, 1.165) is 32.1 Å². The van der Waals surface area contributed by atoms with Gasteiger partial charge in [-0.1, -0.05) is 284 Å². The Morgan fingerprint density at radius 3 is 1.00 bits per heavy atom. The van der Waals surface area contributed by atoms with Crippen molar-refractivity contribution in [2.24, 2.45) is 0 Å². The molecule has 0 aliphatic rings. The largest absolute Gasteiger partial charge is 0.472 e. The number of unbranched alkanes of at least 4 members (excludes halogenated alkanes) is 42. The zero-order valence-corrected chi connectivity index (χ0v) is 46.1. The van der Waals surface area contributed by atoms with E-state index in [2.05, 4.69) is 13.8 Å². The van der Waals surface area contributed by atoms with Gasteiger partial charge >= 0.3 is 13.8 Å². The van der Waals surface area contributed by atoms with E-state index in [4.69, 9.17) is 18.5 Å². The monoisotopic (exact) mass is 959 g/mol. The van der Waals surface area contributed by atoms with Gasteiger partial charge in [-0.3, -0.25) is 13.8 Å². The summed E-state index contributed by atoms with van der Waals surface area (Å²) in [6, 6.07) is 0. The van der Waals surface area contributed by atoms with E-state index in [1.54, 1.807) is 0 Å². The van der Waals surface area contributed by atoms with E-state index in [1.165, 1.54) is 250 Å². The second-order valence-electron chi connectivity index (χ2n) is 21.4. The van der Waals surface area contributed by atoms with Crippen LogP contribution in [0.1, 0.15) is 303 Å². The number of nitrogens with zero attached hydrogens (tertiary/aromatic N) is 1. The SMILES string of the molecule is CCCCCCCCCCCCCCCCCCCCCCCCCCCCCCCCCCC(=O)O[C@H](COCCCCCCCCCCCCCC)COP(=O)(O)OCC[N+](C)(C)C. The Labute approximate surface area is 412 Å². The number of carbonyl (C=O) groups is 1. The highest BCUT2D eigenvalue weighted by atomic mass is 31.2. The summed E-state index contributed by atoms with van der Waals surface area (Å²) in [4.78, 5) is 23.0. The van der Waals surface area contributed by atoms with Gasteiger partial charge in [0.05, 0.1) is 34.4 Å². The van der Waals surface area contributed by atoms with Crippen molar-refractivity contribution in [2.45, 2.75) is 309 Å². The van der Waals surface area contributed by atoms with E-state index < -0.39 is 13.9 Å². The van der Waals surface area contributed by atoms with E-state index in [-0.39, 0.29) is 25.8 Å². The van der Waals surface area contributed by atoms with Crippen LogP contribution in [0.2, 0.25) is 0 Å². The van der Waals surface area contributed by atoms with Crippen molar-refractivity contribution in [3.8, 4) is 0 Å². The first-order chi connectivity index (χ1) is 32.1. The molecule has 0 spiro atoms. The Kier molecular flexibility index (Phi) is 50.5. The van der Waals surface area contributed by atoms with Crippen LogP contribution in [0.25, 0.3) is 0 Å². The number of esters is 1. The van der Waals surface area contributed by atoms with Crippen LogP contribution < -0.4 is 0 Å². The molecule has 8 nitrogen and oxygen atoms in total. The van der Waals surface area contributed by atoms with E-state index >= 15 is 0 Å². The second-order valence-corrected chi connectivity index (χ2v) is 22.9. The predicted molar refractivity (Wildman–Crippen MR) is 284 cm³/mol. The standard InChI is InChI=1S/C57H116NO7P/c1-6-8-10-12-14-16-18-20-21-22-23-24-25-26-27-28-29-30-31-32-33-34-35-36-37-38-39-40-42-44-46-48-50-57(59)65-56(55-64-66(60,61)63-53-51-58(3,4)5)54-62-52-49-47-45-43-41-19-17-15-13-11-9-7-2/h56H,6-55H2,1-5H3/p+1/t56-/m1/s1. The highest BCUT2D eigenvalue weighted by Crippen LogP contribution is 2.43. The number of hydrogen-bond acceptors (Lipinski definition) is 6. The molecule has 0 aliphatic heterocycles. The number of phosphoric ester groups is 1. The number of carbonyl (C=O) groups excluding carboxylic acids is 1. The van der Waals surface area contributed by atoms with Crippen molar-refractivity contribution < 1.29 is 37.3 Å². The molecule has 66 heavy (non-hydrogen) atoms. The fraction of sp³-hybridized carbons (Fsp3) is 0.982. The van der Waals surface area contributed by atoms with Gasteiger partial charge in [-0.15, -0.1) is 0 Å². The lowest BCUT2D eigenvalue weighted by Gasteiger charge is -2.24. The van der Waals surface area contributed by atoms with E-state index in [0.29, 0.717) is 24.1 Å². The molecule has 0 radical (unpaired) electrons. The Hall–Kier alpha value is -0.500. The predicted octanol–water partition coefficient (Wildman–Crippen LogP) is 18.3. The van der Waals surface area contributed by atoms with Gasteiger partial charge in [0.2, 0.25) is 0 Å². The number of phosphoric acid groups is 1. The van der Waals surface area contributed by atoms with Crippen LogP contribution in [0.3, 0.4) is 0 Å². The highest BCUT2D eigenvalue weighted by Gasteiger charge is 2.26. The zero-order valence-electron chi connectivity index (χ0n) is 45.2. The summed E-state index contributed by atoms with van der Waals surface area (Å²) in [7, 11) is 1.69. The molecule has 0 aromatic rings. The summed E-state index contributed by atoms with van der Waals surface area (Å²) in [6.45, 7) is 5.70. The van der Waals surface area contributed by atoms with Crippen LogP contribution in [0, 0.1) is 0 Å². The van der Waals surface area contributed by atoms with Crippen molar-refractivity contribution in [1.82, 2.24) is 0 Å². The molecule has 2 atom stereocenters. The van der Waals surface area contributed by atoms with Crippen molar-refractivity contribution in [3.05, 3.63) is 0 Å². The molecule has 0 heterocycles. The molecule has 1 unspecified atom stereocenters. The van der Waals surface area contributed by atoms with Gasteiger partial charge in [-0.2, -0.15) is 0 Å². The van der Waals surface area contributed by atoms with E-state index in [1.807, 2.05) is 21.1 Å². The average molecular weight is 960 g/mol. The van der Waals surface area contributed by atoms with Crippen molar-refractivity contribution in [3.63, 3.8) is 0 Å². The maximum absolute atomic E-state index is 12.8. The van der Waals surface area contributed by atoms with Gasteiger partial charge in [0, 0.05) is 13.0 Å². The summed E-state index contributed by atoms with van der Waals surface area (Å²) in [6.07, 6.45) is 59.0. The van der Waals surface area contributed by atoms with Crippen LogP contribution in [0.4, 0.5) is 0 Å². The fourth-order valence-corrected chi connectivity index (χ4v) is 9.65. The normalized spacial score (nSPS) is 13.4. The topological polar surface area (TPSA) is 91.3 Å². The molecule has 9 heteroatoms. The first-order valence-corrected chi connectivity index (χ1v) is 30.8. The van der Waals surface area contributed by atoms with Gasteiger partial charge in [0.1, 0.15) is 19.3 Å². The molecule has 0 aromatic carbocycles. The van der Waals surface area contributed by atoms with Crippen molar-refractivity contribution in [1.29, 1.82) is 0 Å². The summed E-state index contributed by atoms with van der Waals surface area (Å²) in [5.41, 5.74) is 0. The molecule has 0 aromatic heterocycles. The minimum atomic E-state index is -4.27.